The van der Waals surface area contributed by atoms with Crippen LogP contribution in [-0.4, -0.2) is 11.6 Å². The number of nitrogens with one attached hydrogen (secondary N) is 2. The van der Waals surface area contributed by atoms with Crippen LogP contribution in [0.25, 0.3) is 0 Å². The molecule has 4 nitrogen and oxygen atoms in total. The van der Waals surface area contributed by atoms with Gasteiger partial charge in [0.2, 0.25) is 0 Å². The van der Waals surface area contributed by atoms with E-state index in [0.717, 1.165) is 12.1 Å². The van der Waals surface area contributed by atoms with Crippen LogP contribution in [0.3, 0.4) is 0 Å². The predicted octanol–water partition coefficient (Wildman–Crippen LogP) is 3.15. The second kappa shape index (κ2) is 5.41. The topological polar surface area (TPSA) is 67.2 Å². The third kappa shape index (κ3) is 3.02. The van der Waals surface area contributed by atoms with Crippen LogP contribution in [0.1, 0.15) is 27.2 Å². The number of anilines is 1. The maximum Gasteiger partial charge on any atom is 0.319 e. The van der Waals surface area contributed by atoms with Crippen LogP contribution in [0.5, 0.6) is 0 Å². The maximum absolute atomic E-state index is 12.1. The van der Waals surface area contributed by atoms with E-state index in [1.165, 1.54) is 11.1 Å². The van der Waals surface area contributed by atoms with E-state index >= 15 is 0 Å². The molecule has 1 aromatic rings. The molecule has 0 heterocycles. The van der Waals surface area contributed by atoms with E-state index in [-0.39, 0.29) is 6.03 Å². The third-order valence-electron chi connectivity index (χ3n) is 3.72. The molecular formula is C16H21N3O. The van der Waals surface area contributed by atoms with Crippen LogP contribution in [0.4, 0.5) is 10.5 Å². The van der Waals surface area contributed by atoms with Gasteiger partial charge in [0, 0.05) is 11.4 Å². The molecule has 1 aliphatic carbocycles. The van der Waals surface area contributed by atoms with Gasteiger partial charge in [0.15, 0.2) is 0 Å². The van der Waals surface area contributed by atoms with Crippen molar-refractivity contribution in [1.82, 2.24) is 5.32 Å². The SMILES string of the molecule is CC1=C(C)CC(C)(NC(=O)Nc2ccccc2)C(N)=C1. The van der Waals surface area contributed by atoms with Crippen molar-refractivity contribution in [2.45, 2.75) is 32.7 Å². The highest BCUT2D eigenvalue weighted by Crippen LogP contribution is 2.29. The molecule has 2 rings (SSSR count). The zero-order valence-corrected chi connectivity index (χ0v) is 12.2. The summed E-state index contributed by atoms with van der Waals surface area (Å²) in [5.74, 6) is 0. The molecule has 1 aliphatic rings. The number of amides is 2. The van der Waals surface area contributed by atoms with E-state index in [2.05, 4.69) is 17.6 Å². The van der Waals surface area contributed by atoms with Crippen LogP contribution in [-0.2, 0) is 0 Å². The lowest BCUT2D eigenvalue weighted by Crippen LogP contribution is -2.52. The molecule has 0 fully saturated rings. The molecule has 0 saturated heterocycles. The average molecular weight is 271 g/mol. The minimum absolute atomic E-state index is 0.248. The van der Waals surface area contributed by atoms with Gasteiger partial charge in [-0.05, 0) is 45.4 Å². The van der Waals surface area contributed by atoms with E-state index in [4.69, 9.17) is 5.73 Å². The van der Waals surface area contributed by atoms with Crippen molar-refractivity contribution in [3.05, 3.63) is 53.3 Å². The van der Waals surface area contributed by atoms with E-state index in [1.807, 2.05) is 50.3 Å². The zero-order chi connectivity index (χ0) is 14.8. The first-order valence-corrected chi connectivity index (χ1v) is 6.69. The Morgan fingerprint density at radius 3 is 2.55 bits per heavy atom. The maximum atomic E-state index is 12.1. The third-order valence-corrected chi connectivity index (χ3v) is 3.72. The van der Waals surface area contributed by atoms with Gasteiger partial charge < -0.3 is 16.4 Å². The van der Waals surface area contributed by atoms with Gasteiger partial charge in [-0.1, -0.05) is 29.3 Å². The Hall–Kier alpha value is -2.23. The molecule has 0 spiro atoms. The van der Waals surface area contributed by atoms with Gasteiger partial charge in [-0.15, -0.1) is 0 Å². The summed E-state index contributed by atoms with van der Waals surface area (Å²) in [5, 5.41) is 5.78. The number of allylic oxidation sites excluding steroid dienone is 2. The molecule has 1 unspecified atom stereocenters. The Bertz CT molecular complexity index is 575. The fourth-order valence-electron chi connectivity index (χ4n) is 2.34. The minimum atomic E-state index is -0.539. The summed E-state index contributed by atoms with van der Waals surface area (Å²) in [6.07, 6.45) is 2.66. The quantitative estimate of drug-likeness (QED) is 0.773. The summed E-state index contributed by atoms with van der Waals surface area (Å²) in [6.45, 7) is 6.04. The highest BCUT2D eigenvalue weighted by Gasteiger charge is 2.32. The Morgan fingerprint density at radius 1 is 1.25 bits per heavy atom. The molecule has 106 valence electrons. The van der Waals surface area contributed by atoms with Gasteiger partial charge in [0.1, 0.15) is 0 Å². The second-order valence-corrected chi connectivity index (χ2v) is 5.52. The lowest BCUT2D eigenvalue weighted by atomic mass is 9.83. The lowest BCUT2D eigenvalue weighted by molar-refractivity contribution is 0.242. The molecule has 1 aromatic carbocycles. The number of nitrogens with two attached hydrogens (primary N) is 1. The zero-order valence-electron chi connectivity index (χ0n) is 12.2. The van der Waals surface area contributed by atoms with Crippen LogP contribution in [0.15, 0.2) is 53.3 Å². The number of benzene rings is 1. The van der Waals surface area contributed by atoms with Gasteiger partial charge in [0.25, 0.3) is 0 Å². The Morgan fingerprint density at radius 2 is 1.90 bits per heavy atom. The summed E-state index contributed by atoms with van der Waals surface area (Å²) in [6, 6.07) is 9.10. The first-order valence-electron chi connectivity index (χ1n) is 6.69. The molecule has 1 atom stereocenters. The van der Waals surface area contributed by atoms with Crippen molar-refractivity contribution in [3.8, 4) is 0 Å². The summed E-state index contributed by atoms with van der Waals surface area (Å²) in [5.41, 5.74) is 9.41. The minimum Gasteiger partial charge on any atom is -0.400 e. The summed E-state index contributed by atoms with van der Waals surface area (Å²) in [7, 11) is 0. The first-order chi connectivity index (χ1) is 9.40. The largest absolute Gasteiger partial charge is 0.400 e. The molecular weight excluding hydrogens is 250 g/mol. The Kier molecular flexibility index (Phi) is 3.84. The van der Waals surface area contributed by atoms with Crippen molar-refractivity contribution in [1.29, 1.82) is 0 Å². The predicted molar refractivity (Wildman–Crippen MR) is 82.3 cm³/mol. The Balaban J connectivity index is 2.07. The molecule has 0 saturated carbocycles. The molecule has 20 heavy (non-hydrogen) atoms. The van der Waals surface area contributed by atoms with Gasteiger partial charge in [0.05, 0.1) is 5.54 Å². The molecule has 0 radical (unpaired) electrons. The van der Waals surface area contributed by atoms with E-state index in [0.29, 0.717) is 5.70 Å². The smallest absolute Gasteiger partial charge is 0.319 e. The van der Waals surface area contributed by atoms with Crippen LogP contribution in [0.2, 0.25) is 0 Å². The Labute approximate surface area is 119 Å². The van der Waals surface area contributed by atoms with Crippen molar-refractivity contribution in [2.24, 2.45) is 5.73 Å². The molecule has 4 N–H and O–H groups in total. The fourth-order valence-corrected chi connectivity index (χ4v) is 2.34. The molecule has 2 amide bonds. The van der Waals surface area contributed by atoms with Crippen molar-refractivity contribution >= 4 is 11.7 Å². The van der Waals surface area contributed by atoms with Crippen LogP contribution < -0.4 is 16.4 Å². The number of hydrogen-bond acceptors (Lipinski definition) is 2. The van der Waals surface area contributed by atoms with Gasteiger partial charge in [-0.3, -0.25) is 0 Å². The molecule has 0 aromatic heterocycles. The molecule has 0 bridgehead atoms. The number of para-hydroxylation sites is 1. The standard InChI is InChI=1S/C16H21N3O/c1-11-9-14(17)16(3,10-12(11)2)19-15(20)18-13-7-5-4-6-8-13/h4-9H,10,17H2,1-3H3,(H2,18,19,20). The molecule has 4 heteroatoms. The first kappa shape index (κ1) is 14.2. The van der Waals surface area contributed by atoms with Crippen molar-refractivity contribution in [3.63, 3.8) is 0 Å². The van der Waals surface area contributed by atoms with Gasteiger partial charge in [-0.2, -0.15) is 0 Å². The van der Waals surface area contributed by atoms with E-state index in [1.54, 1.807) is 0 Å². The van der Waals surface area contributed by atoms with E-state index in [9.17, 15) is 4.79 Å². The van der Waals surface area contributed by atoms with Crippen molar-refractivity contribution in [2.75, 3.05) is 5.32 Å². The van der Waals surface area contributed by atoms with Crippen molar-refractivity contribution < 1.29 is 4.79 Å². The van der Waals surface area contributed by atoms with Gasteiger partial charge >= 0.3 is 6.03 Å². The van der Waals surface area contributed by atoms with Crippen LogP contribution in [0, 0.1) is 0 Å². The fraction of sp³-hybridized carbons (Fsp3) is 0.312. The normalized spacial score (nSPS) is 22.2. The monoisotopic (exact) mass is 271 g/mol. The highest BCUT2D eigenvalue weighted by atomic mass is 16.2. The molecule has 0 aliphatic heterocycles. The number of rotatable bonds is 2. The summed E-state index contributed by atoms with van der Waals surface area (Å²) in [4.78, 5) is 12.1. The van der Waals surface area contributed by atoms with Crippen LogP contribution >= 0.6 is 0 Å². The van der Waals surface area contributed by atoms with Gasteiger partial charge in [-0.25, -0.2) is 4.79 Å². The number of carbonyl (C=O) groups excluding carboxylic acids is 1. The average Bonchev–Trinajstić information content (AvgIpc) is 2.37. The number of urea groups is 1. The second-order valence-electron chi connectivity index (χ2n) is 5.52. The lowest BCUT2D eigenvalue weighted by Gasteiger charge is -2.35. The number of hydrogen-bond donors (Lipinski definition) is 3. The number of carbonyl (C=O) groups is 1. The highest BCUT2D eigenvalue weighted by molar-refractivity contribution is 5.90. The van der Waals surface area contributed by atoms with E-state index < -0.39 is 5.54 Å². The summed E-state index contributed by atoms with van der Waals surface area (Å²) >= 11 is 0. The summed E-state index contributed by atoms with van der Waals surface area (Å²) < 4.78 is 0.